The lowest BCUT2D eigenvalue weighted by molar-refractivity contribution is -0.137. The van der Waals surface area contributed by atoms with Gasteiger partial charge in [0, 0.05) is 24.8 Å². The number of piperidine rings is 1. The van der Waals surface area contributed by atoms with E-state index in [1.54, 1.807) is 6.20 Å². The van der Waals surface area contributed by atoms with E-state index in [0.29, 0.717) is 35.5 Å². The van der Waals surface area contributed by atoms with Crippen LogP contribution in [0.2, 0.25) is 0 Å². The van der Waals surface area contributed by atoms with Crippen LogP contribution in [0.25, 0.3) is 22.4 Å². The number of aromatic nitrogens is 3. The Bertz CT molecular complexity index is 1130. The maximum absolute atomic E-state index is 12.9. The molecule has 0 atom stereocenters. The first-order chi connectivity index (χ1) is 15.2. The van der Waals surface area contributed by atoms with Gasteiger partial charge in [-0.15, -0.1) is 0 Å². The minimum absolute atomic E-state index is 0.00884. The third-order valence-corrected chi connectivity index (χ3v) is 5.39. The number of hydrogen-bond donors (Lipinski definition) is 2. The molecule has 0 radical (unpaired) electrons. The molecule has 7 nitrogen and oxygen atoms in total. The third-order valence-electron chi connectivity index (χ3n) is 5.39. The number of alkyl halides is 3. The van der Waals surface area contributed by atoms with Crippen molar-refractivity contribution in [3.8, 4) is 11.4 Å². The maximum Gasteiger partial charge on any atom is 0.416 e. The van der Waals surface area contributed by atoms with Gasteiger partial charge in [-0.25, -0.2) is 14.8 Å². The zero-order valence-electron chi connectivity index (χ0n) is 17.0. The summed E-state index contributed by atoms with van der Waals surface area (Å²) in [6.45, 7) is 4.89. The van der Waals surface area contributed by atoms with E-state index in [1.807, 2.05) is 12.1 Å². The van der Waals surface area contributed by atoms with Crippen molar-refractivity contribution in [3.05, 3.63) is 54.2 Å². The van der Waals surface area contributed by atoms with E-state index < -0.39 is 17.7 Å². The minimum Gasteiger partial charge on any atom is -0.478 e. The van der Waals surface area contributed by atoms with Crippen molar-refractivity contribution >= 4 is 22.8 Å². The zero-order valence-corrected chi connectivity index (χ0v) is 17.0. The molecule has 1 fully saturated rings. The first-order valence-electron chi connectivity index (χ1n) is 10.0. The van der Waals surface area contributed by atoms with Crippen LogP contribution in [0.4, 0.5) is 19.0 Å². The van der Waals surface area contributed by atoms with E-state index >= 15 is 0 Å². The molecule has 0 aliphatic carbocycles. The Morgan fingerprint density at radius 2 is 2.00 bits per heavy atom. The number of imidazole rings is 1. The summed E-state index contributed by atoms with van der Waals surface area (Å²) in [5.74, 6) is 0.165. The molecule has 4 rings (SSSR count). The quantitative estimate of drug-likeness (QED) is 0.550. The average molecular weight is 446 g/mol. The van der Waals surface area contributed by atoms with E-state index in [1.165, 1.54) is 6.07 Å². The predicted molar refractivity (Wildman–Crippen MR) is 112 cm³/mol. The van der Waals surface area contributed by atoms with Gasteiger partial charge in [-0.05, 0) is 43.2 Å². The number of aliphatic carboxylic acids is 1. The van der Waals surface area contributed by atoms with Gasteiger partial charge in [0.1, 0.15) is 11.6 Å². The number of anilines is 1. The van der Waals surface area contributed by atoms with Crippen LogP contribution in [0.1, 0.15) is 18.4 Å². The Hall–Kier alpha value is -3.40. The Balaban J connectivity index is 1.39. The van der Waals surface area contributed by atoms with Crippen molar-refractivity contribution in [2.45, 2.75) is 25.1 Å². The number of pyridine rings is 1. The van der Waals surface area contributed by atoms with Gasteiger partial charge in [-0.3, -0.25) is 0 Å². The number of carbonyl (C=O) groups is 1. The molecule has 0 amide bonds. The second-order valence-electron chi connectivity index (χ2n) is 7.63. The molecule has 10 heteroatoms. The van der Waals surface area contributed by atoms with E-state index in [2.05, 4.69) is 26.4 Å². The summed E-state index contributed by atoms with van der Waals surface area (Å²) in [7, 11) is 0. The van der Waals surface area contributed by atoms with Crippen LogP contribution in [0, 0.1) is 0 Å². The van der Waals surface area contributed by atoms with Crippen molar-refractivity contribution in [2.75, 3.05) is 24.6 Å². The SMILES string of the molecule is C=C(COC1CCN(c2ccc(-c3nc4ccc(C(F)(F)F)cc4[nH]3)cn2)CC1)C(=O)O. The molecule has 0 unspecified atom stereocenters. The number of fused-ring (bicyclic) bond motifs is 1. The van der Waals surface area contributed by atoms with Crippen LogP contribution < -0.4 is 4.90 Å². The van der Waals surface area contributed by atoms with Gasteiger partial charge >= 0.3 is 12.1 Å². The fourth-order valence-electron chi connectivity index (χ4n) is 3.57. The normalized spacial score (nSPS) is 15.3. The number of carboxylic acids is 1. The molecule has 168 valence electrons. The van der Waals surface area contributed by atoms with Gasteiger partial charge in [0.15, 0.2) is 0 Å². The first-order valence-corrected chi connectivity index (χ1v) is 10.0. The van der Waals surface area contributed by atoms with Crippen LogP contribution in [0.5, 0.6) is 0 Å². The molecular formula is C22H21F3N4O3. The number of carboxylic acid groups (broad SMARTS) is 1. The Labute approximate surface area is 181 Å². The Morgan fingerprint density at radius 1 is 1.25 bits per heavy atom. The fourth-order valence-corrected chi connectivity index (χ4v) is 3.57. The van der Waals surface area contributed by atoms with Gasteiger partial charge in [-0.2, -0.15) is 13.2 Å². The maximum atomic E-state index is 12.9. The topological polar surface area (TPSA) is 91.3 Å². The predicted octanol–water partition coefficient (Wildman–Crippen LogP) is 4.27. The lowest BCUT2D eigenvalue weighted by atomic mass is 10.1. The highest BCUT2D eigenvalue weighted by Crippen LogP contribution is 2.32. The summed E-state index contributed by atoms with van der Waals surface area (Å²) in [6.07, 6.45) is -1.33. The van der Waals surface area contributed by atoms with E-state index in [0.717, 1.165) is 30.8 Å². The van der Waals surface area contributed by atoms with Gasteiger partial charge in [0.2, 0.25) is 0 Å². The molecule has 1 saturated heterocycles. The summed E-state index contributed by atoms with van der Waals surface area (Å²) in [5, 5.41) is 8.84. The first kappa shape index (κ1) is 21.8. The summed E-state index contributed by atoms with van der Waals surface area (Å²) in [4.78, 5) is 24.7. The average Bonchev–Trinajstić information content (AvgIpc) is 3.21. The minimum atomic E-state index is -4.41. The highest BCUT2D eigenvalue weighted by Gasteiger charge is 2.30. The summed E-state index contributed by atoms with van der Waals surface area (Å²) < 4.78 is 44.4. The standard InChI is InChI=1S/C22H21F3N4O3/c1-13(21(30)31)12-32-16-6-8-29(9-7-16)19-5-2-14(11-26-19)20-27-17-4-3-15(22(23,24)25)10-18(17)28-20/h2-5,10-11,16H,1,6-9,12H2,(H,27,28)(H,30,31). The van der Waals surface area contributed by atoms with Crippen molar-refractivity contribution < 1.29 is 27.8 Å². The van der Waals surface area contributed by atoms with Crippen molar-refractivity contribution in [1.29, 1.82) is 0 Å². The second-order valence-corrected chi connectivity index (χ2v) is 7.63. The molecule has 3 aromatic rings. The number of ether oxygens (including phenoxy) is 1. The number of hydrogen-bond acceptors (Lipinski definition) is 5. The molecule has 2 aromatic heterocycles. The third kappa shape index (κ3) is 4.75. The number of benzene rings is 1. The van der Waals surface area contributed by atoms with E-state index in [9.17, 15) is 18.0 Å². The summed E-state index contributed by atoms with van der Waals surface area (Å²) in [6, 6.07) is 7.07. The summed E-state index contributed by atoms with van der Waals surface area (Å²) in [5.41, 5.74) is 0.735. The molecule has 1 aliphatic heterocycles. The van der Waals surface area contributed by atoms with Crippen LogP contribution >= 0.6 is 0 Å². The van der Waals surface area contributed by atoms with Crippen LogP contribution in [0.3, 0.4) is 0 Å². The number of rotatable bonds is 6. The lowest BCUT2D eigenvalue weighted by Crippen LogP contribution is -2.37. The Kier molecular flexibility index (Phi) is 5.88. The van der Waals surface area contributed by atoms with Gasteiger partial charge in [0.05, 0.1) is 34.9 Å². The largest absolute Gasteiger partial charge is 0.478 e. The van der Waals surface area contributed by atoms with Crippen LogP contribution in [-0.4, -0.2) is 51.8 Å². The smallest absolute Gasteiger partial charge is 0.416 e. The van der Waals surface area contributed by atoms with E-state index in [-0.39, 0.29) is 18.3 Å². The highest BCUT2D eigenvalue weighted by atomic mass is 19.4. The van der Waals surface area contributed by atoms with Gasteiger partial charge in [0.25, 0.3) is 0 Å². The molecule has 1 aromatic carbocycles. The molecule has 3 heterocycles. The number of H-pyrrole nitrogens is 1. The Morgan fingerprint density at radius 3 is 2.62 bits per heavy atom. The second kappa shape index (κ2) is 8.62. The molecule has 0 bridgehead atoms. The highest BCUT2D eigenvalue weighted by molar-refractivity contribution is 5.86. The van der Waals surface area contributed by atoms with Gasteiger partial charge in [-0.1, -0.05) is 6.58 Å². The number of halogens is 3. The molecule has 1 aliphatic rings. The van der Waals surface area contributed by atoms with Gasteiger partial charge < -0.3 is 19.7 Å². The van der Waals surface area contributed by atoms with Crippen molar-refractivity contribution in [2.24, 2.45) is 0 Å². The van der Waals surface area contributed by atoms with Crippen LogP contribution in [0.15, 0.2) is 48.7 Å². The van der Waals surface area contributed by atoms with E-state index in [4.69, 9.17) is 9.84 Å². The molecular weight excluding hydrogens is 425 g/mol. The number of aromatic amines is 1. The lowest BCUT2D eigenvalue weighted by Gasteiger charge is -2.32. The van der Waals surface area contributed by atoms with Crippen molar-refractivity contribution in [3.63, 3.8) is 0 Å². The fraction of sp³-hybridized carbons (Fsp3) is 0.318. The molecule has 2 N–H and O–H groups in total. The molecule has 0 saturated carbocycles. The van der Waals surface area contributed by atoms with Crippen molar-refractivity contribution in [1.82, 2.24) is 15.0 Å². The summed E-state index contributed by atoms with van der Waals surface area (Å²) >= 11 is 0. The number of nitrogens with zero attached hydrogens (tertiary/aromatic N) is 3. The number of nitrogens with one attached hydrogen (secondary N) is 1. The molecule has 32 heavy (non-hydrogen) atoms. The zero-order chi connectivity index (χ0) is 22.9. The van der Waals surface area contributed by atoms with Crippen LogP contribution in [-0.2, 0) is 15.7 Å². The molecule has 0 spiro atoms. The monoisotopic (exact) mass is 446 g/mol.